The number of hydrogen-bond donors (Lipinski definition) is 1. The molecule has 2 aromatic carbocycles. The van der Waals surface area contributed by atoms with E-state index >= 15 is 0 Å². The molecule has 1 saturated heterocycles. The van der Waals surface area contributed by atoms with Crippen LogP contribution in [0.1, 0.15) is 16.8 Å². The summed E-state index contributed by atoms with van der Waals surface area (Å²) < 4.78 is 37.3. The van der Waals surface area contributed by atoms with Gasteiger partial charge in [0.15, 0.2) is 5.58 Å². The zero-order chi connectivity index (χ0) is 21.3. The molecular formula is C21H23N3O5S. The van der Waals surface area contributed by atoms with E-state index in [4.69, 9.17) is 9.26 Å². The van der Waals surface area contributed by atoms with Crippen molar-refractivity contribution in [3.05, 3.63) is 53.2 Å². The summed E-state index contributed by atoms with van der Waals surface area (Å²) >= 11 is 0. The first kappa shape index (κ1) is 20.5. The van der Waals surface area contributed by atoms with Crippen molar-refractivity contribution in [2.24, 2.45) is 0 Å². The number of nitrogens with one attached hydrogen (secondary N) is 1. The van der Waals surface area contributed by atoms with Crippen molar-refractivity contribution >= 4 is 32.6 Å². The third-order valence-electron chi connectivity index (χ3n) is 5.23. The molecule has 9 heteroatoms. The van der Waals surface area contributed by atoms with Gasteiger partial charge in [-0.2, -0.15) is 4.31 Å². The third kappa shape index (κ3) is 4.09. The molecule has 0 aliphatic carbocycles. The molecule has 1 aliphatic rings. The predicted octanol–water partition coefficient (Wildman–Crippen LogP) is 2.65. The van der Waals surface area contributed by atoms with E-state index in [0.29, 0.717) is 43.3 Å². The second-order valence-corrected chi connectivity index (χ2v) is 9.27. The topological polar surface area (TPSA) is 102 Å². The fraction of sp³-hybridized carbons (Fsp3) is 0.333. The second kappa shape index (κ2) is 8.17. The predicted molar refractivity (Wildman–Crippen MR) is 112 cm³/mol. The molecule has 8 nitrogen and oxygen atoms in total. The first-order valence-corrected chi connectivity index (χ1v) is 11.1. The lowest BCUT2D eigenvalue weighted by Crippen LogP contribution is -2.40. The summed E-state index contributed by atoms with van der Waals surface area (Å²) in [7, 11) is -3.56. The molecule has 0 radical (unpaired) electrons. The minimum absolute atomic E-state index is 0.0589. The van der Waals surface area contributed by atoms with Crippen LogP contribution in [0.5, 0.6) is 0 Å². The summed E-state index contributed by atoms with van der Waals surface area (Å²) in [6, 6.07) is 10.0. The first-order valence-electron chi connectivity index (χ1n) is 9.68. The van der Waals surface area contributed by atoms with E-state index in [9.17, 15) is 13.2 Å². The summed E-state index contributed by atoms with van der Waals surface area (Å²) in [6.07, 6.45) is 0.0589. The van der Waals surface area contributed by atoms with Crippen molar-refractivity contribution in [3.63, 3.8) is 0 Å². The normalized spacial score (nSPS) is 15.4. The number of ether oxygens (including phenoxy) is 1. The molecule has 3 aromatic rings. The molecule has 0 unspecified atom stereocenters. The van der Waals surface area contributed by atoms with Crippen molar-refractivity contribution < 1.29 is 22.5 Å². The largest absolute Gasteiger partial charge is 0.379 e. The van der Waals surface area contributed by atoms with Crippen LogP contribution in [0, 0.1) is 13.8 Å². The van der Waals surface area contributed by atoms with E-state index in [-0.39, 0.29) is 17.2 Å². The van der Waals surface area contributed by atoms with E-state index in [1.54, 1.807) is 12.1 Å². The molecule has 0 spiro atoms. The van der Waals surface area contributed by atoms with Gasteiger partial charge in [0.05, 0.1) is 24.5 Å². The average Bonchev–Trinajstić information content (AvgIpc) is 3.10. The fourth-order valence-electron chi connectivity index (χ4n) is 3.38. The van der Waals surface area contributed by atoms with Crippen molar-refractivity contribution in [2.75, 3.05) is 31.6 Å². The summed E-state index contributed by atoms with van der Waals surface area (Å²) in [5.74, 6) is -0.257. The first-order chi connectivity index (χ1) is 14.3. The number of hydrogen-bond acceptors (Lipinski definition) is 6. The van der Waals surface area contributed by atoms with Crippen LogP contribution in [-0.2, 0) is 26.0 Å². The van der Waals surface area contributed by atoms with Crippen LogP contribution in [0.4, 0.5) is 5.69 Å². The number of anilines is 1. The molecule has 0 atom stereocenters. The monoisotopic (exact) mass is 429 g/mol. The van der Waals surface area contributed by atoms with Gasteiger partial charge in [-0.15, -0.1) is 0 Å². The Morgan fingerprint density at radius 2 is 1.77 bits per heavy atom. The van der Waals surface area contributed by atoms with Crippen molar-refractivity contribution in [3.8, 4) is 0 Å². The number of carbonyl (C=O) groups excluding carboxylic acids is 1. The second-order valence-electron chi connectivity index (χ2n) is 7.33. The maximum absolute atomic E-state index is 12.7. The molecule has 2 heterocycles. The van der Waals surface area contributed by atoms with Crippen LogP contribution in [0.3, 0.4) is 0 Å². The average molecular weight is 429 g/mol. The molecule has 1 amide bonds. The lowest BCUT2D eigenvalue weighted by molar-refractivity contribution is -0.115. The van der Waals surface area contributed by atoms with Gasteiger partial charge in [-0.3, -0.25) is 4.79 Å². The Bertz CT molecular complexity index is 1180. The van der Waals surface area contributed by atoms with Gasteiger partial charge >= 0.3 is 0 Å². The zero-order valence-electron chi connectivity index (χ0n) is 16.8. The number of rotatable bonds is 5. The van der Waals surface area contributed by atoms with Crippen molar-refractivity contribution in [1.82, 2.24) is 9.46 Å². The van der Waals surface area contributed by atoms with Crippen LogP contribution < -0.4 is 5.32 Å². The maximum atomic E-state index is 12.7. The lowest BCUT2D eigenvalue weighted by atomic mass is 10.1. The van der Waals surface area contributed by atoms with Crippen molar-refractivity contribution in [2.45, 2.75) is 25.2 Å². The van der Waals surface area contributed by atoms with Gasteiger partial charge < -0.3 is 14.6 Å². The van der Waals surface area contributed by atoms with Crippen LogP contribution >= 0.6 is 0 Å². The molecule has 30 heavy (non-hydrogen) atoms. The highest BCUT2D eigenvalue weighted by molar-refractivity contribution is 7.89. The Morgan fingerprint density at radius 3 is 2.47 bits per heavy atom. The highest BCUT2D eigenvalue weighted by Crippen LogP contribution is 2.24. The molecule has 0 bridgehead atoms. The lowest BCUT2D eigenvalue weighted by Gasteiger charge is -2.26. The fourth-order valence-corrected chi connectivity index (χ4v) is 4.78. The van der Waals surface area contributed by atoms with Crippen molar-refractivity contribution in [1.29, 1.82) is 0 Å². The quantitative estimate of drug-likeness (QED) is 0.669. The minimum Gasteiger partial charge on any atom is -0.379 e. The highest BCUT2D eigenvalue weighted by Gasteiger charge is 2.26. The summed E-state index contributed by atoms with van der Waals surface area (Å²) in [5, 5.41) is 7.63. The van der Waals surface area contributed by atoms with Gasteiger partial charge in [0.1, 0.15) is 5.69 Å². The molecule has 0 saturated carbocycles. The van der Waals surface area contributed by atoms with Crippen LogP contribution in [-0.4, -0.2) is 50.1 Å². The van der Waals surface area contributed by atoms with Crippen LogP contribution in [0.2, 0.25) is 0 Å². The Balaban J connectivity index is 1.45. The van der Waals surface area contributed by atoms with Gasteiger partial charge in [-0.1, -0.05) is 5.16 Å². The number of sulfonamides is 1. The Kier molecular flexibility index (Phi) is 5.59. The van der Waals surface area contributed by atoms with E-state index in [1.807, 2.05) is 26.0 Å². The minimum atomic E-state index is -3.56. The van der Waals surface area contributed by atoms with Gasteiger partial charge in [0.2, 0.25) is 15.9 Å². The number of carbonyl (C=O) groups is 1. The zero-order valence-corrected chi connectivity index (χ0v) is 17.7. The van der Waals surface area contributed by atoms with Gasteiger partial charge in [0.25, 0.3) is 0 Å². The Morgan fingerprint density at radius 1 is 1.10 bits per heavy atom. The number of nitrogens with zero attached hydrogens (tertiary/aromatic N) is 2. The number of aromatic nitrogens is 1. The smallest absolute Gasteiger partial charge is 0.243 e. The number of benzene rings is 2. The maximum Gasteiger partial charge on any atom is 0.243 e. The van der Waals surface area contributed by atoms with Crippen LogP contribution in [0.15, 0.2) is 45.8 Å². The summed E-state index contributed by atoms with van der Waals surface area (Å²) in [4.78, 5) is 12.7. The number of amides is 1. The van der Waals surface area contributed by atoms with Gasteiger partial charge in [-0.25, -0.2) is 8.42 Å². The van der Waals surface area contributed by atoms with E-state index in [0.717, 1.165) is 16.5 Å². The Hall–Kier alpha value is -2.75. The molecule has 1 aliphatic heterocycles. The van der Waals surface area contributed by atoms with E-state index < -0.39 is 10.0 Å². The SMILES string of the molecule is Cc1cc2onc(CC(=O)Nc3ccc(S(=O)(=O)N4CCOCC4)cc3)c2cc1C. The summed E-state index contributed by atoms with van der Waals surface area (Å²) in [6.45, 7) is 5.45. The van der Waals surface area contributed by atoms with E-state index in [2.05, 4.69) is 10.5 Å². The Labute approximate surface area is 174 Å². The molecule has 1 aromatic heterocycles. The van der Waals surface area contributed by atoms with Crippen LogP contribution in [0.25, 0.3) is 11.0 Å². The number of morpholine rings is 1. The van der Waals surface area contributed by atoms with Gasteiger partial charge in [-0.05, 0) is 61.4 Å². The standard InChI is InChI=1S/C21H23N3O5S/c1-14-11-18-19(23-29-20(18)12-15(14)2)13-21(25)22-16-3-5-17(6-4-16)30(26,27)24-7-9-28-10-8-24/h3-6,11-12H,7-10,13H2,1-2H3,(H,22,25). The summed E-state index contributed by atoms with van der Waals surface area (Å²) in [5.41, 5.74) is 3.93. The third-order valence-corrected chi connectivity index (χ3v) is 7.15. The van der Waals surface area contributed by atoms with E-state index in [1.165, 1.54) is 16.4 Å². The molecule has 1 fully saturated rings. The number of fused-ring (bicyclic) bond motifs is 1. The molecular weight excluding hydrogens is 406 g/mol. The molecule has 4 rings (SSSR count). The van der Waals surface area contributed by atoms with Gasteiger partial charge in [0, 0.05) is 24.2 Å². The molecule has 1 N–H and O–H groups in total. The number of aryl methyl sites for hydroxylation is 2. The highest BCUT2D eigenvalue weighted by atomic mass is 32.2. The molecule has 158 valence electrons.